The Balaban J connectivity index is 2.09. The largest absolute Gasteiger partial charge is 0.379 e. The zero-order valence-corrected chi connectivity index (χ0v) is 12.4. The van der Waals surface area contributed by atoms with E-state index in [1.165, 1.54) is 16.7 Å². The van der Waals surface area contributed by atoms with Crippen LogP contribution in [-0.2, 0) is 4.74 Å². The van der Waals surface area contributed by atoms with Gasteiger partial charge in [-0.05, 0) is 26.0 Å². The number of hydrogen-bond acceptors (Lipinski definition) is 3. The van der Waals surface area contributed by atoms with Crippen molar-refractivity contribution in [3.63, 3.8) is 0 Å². The van der Waals surface area contributed by atoms with Crippen LogP contribution in [0.4, 0.5) is 0 Å². The van der Waals surface area contributed by atoms with Crippen LogP contribution < -0.4 is 5.32 Å². The first-order valence-corrected chi connectivity index (χ1v) is 7.30. The standard InChI is InChI=1S/C16H26N2O/c1-4-17-16(12-18-5-7-19-8-6-18)15-10-13(2)9-14(3)11-15/h9-11,16-17H,4-8,12H2,1-3H3. The molecule has 0 aromatic heterocycles. The van der Waals surface area contributed by atoms with Crippen molar-refractivity contribution >= 4 is 0 Å². The van der Waals surface area contributed by atoms with Crippen molar-refractivity contribution in [2.24, 2.45) is 0 Å². The van der Waals surface area contributed by atoms with Crippen LogP contribution in [0.3, 0.4) is 0 Å². The second-order valence-corrected chi connectivity index (χ2v) is 5.44. The molecule has 106 valence electrons. The van der Waals surface area contributed by atoms with Gasteiger partial charge in [0.1, 0.15) is 0 Å². The summed E-state index contributed by atoms with van der Waals surface area (Å²) in [5, 5.41) is 3.62. The van der Waals surface area contributed by atoms with Crippen molar-refractivity contribution in [3.05, 3.63) is 34.9 Å². The Labute approximate surface area is 116 Å². The van der Waals surface area contributed by atoms with Crippen LogP contribution in [0.2, 0.25) is 0 Å². The summed E-state index contributed by atoms with van der Waals surface area (Å²) in [7, 11) is 0. The summed E-state index contributed by atoms with van der Waals surface area (Å²) >= 11 is 0. The van der Waals surface area contributed by atoms with E-state index >= 15 is 0 Å². The highest BCUT2D eigenvalue weighted by atomic mass is 16.5. The summed E-state index contributed by atoms with van der Waals surface area (Å²) < 4.78 is 5.42. The van der Waals surface area contributed by atoms with Gasteiger partial charge in [0.2, 0.25) is 0 Å². The number of rotatable bonds is 5. The summed E-state index contributed by atoms with van der Waals surface area (Å²) in [5.74, 6) is 0. The minimum absolute atomic E-state index is 0.418. The third kappa shape index (κ3) is 4.30. The third-order valence-electron chi connectivity index (χ3n) is 3.64. The molecule has 0 spiro atoms. The monoisotopic (exact) mass is 262 g/mol. The van der Waals surface area contributed by atoms with E-state index in [4.69, 9.17) is 4.74 Å². The van der Waals surface area contributed by atoms with E-state index in [9.17, 15) is 0 Å². The average Bonchev–Trinajstić information content (AvgIpc) is 2.38. The first kappa shape index (κ1) is 14.5. The number of nitrogens with one attached hydrogen (secondary N) is 1. The van der Waals surface area contributed by atoms with Gasteiger partial charge in [0, 0.05) is 25.7 Å². The minimum atomic E-state index is 0.418. The summed E-state index contributed by atoms with van der Waals surface area (Å²) in [6.45, 7) is 12.4. The Morgan fingerprint density at radius 3 is 2.37 bits per heavy atom. The third-order valence-corrected chi connectivity index (χ3v) is 3.64. The SMILES string of the molecule is CCNC(CN1CCOCC1)c1cc(C)cc(C)c1. The Morgan fingerprint density at radius 2 is 1.79 bits per heavy atom. The van der Waals surface area contributed by atoms with Gasteiger partial charge in [-0.1, -0.05) is 36.2 Å². The number of likely N-dealkylation sites (N-methyl/N-ethyl adjacent to an activating group) is 1. The molecule has 1 heterocycles. The van der Waals surface area contributed by atoms with Crippen molar-refractivity contribution in [1.29, 1.82) is 0 Å². The van der Waals surface area contributed by atoms with Crippen LogP contribution >= 0.6 is 0 Å². The number of hydrogen-bond donors (Lipinski definition) is 1. The Bertz CT molecular complexity index is 379. The first-order valence-electron chi connectivity index (χ1n) is 7.30. The molecule has 19 heavy (non-hydrogen) atoms. The lowest BCUT2D eigenvalue weighted by molar-refractivity contribution is 0.0335. The van der Waals surface area contributed by atoms with E-state index in [0.717, 1.165) is 39.4 Å². The molecule has 0 aliphatic carbocycles. The predicted octanol–water partition coefficient (Wildman–Crippen LogP) is 2.29. The summed E-state index contributed by atoms with van der Waals surface area (Å²) in [6.07, 6.45) is 0. The number of nitrogens with zero attached hydrogens (tertiary/aromatic N) is 1. The van der Waals surface area contributed by atoms with E-state index in [2.05, 4.69) is 49.2 Å². The Morgan fingerprint density at radius 1 is 1.16 bits per heavy atom. The molecular weight excluding hydrogens is 236 g/mol. The molecule has 0 radical (unpaired) electrons. The van der Waals surface area contributed by atoms with E-state index < -0.39 is 0 Å². The molecule has 3 heteroatoms. The first-order chi connectivity index (χ1) is 9.19. The molecule has 1 aromatic rings. The number of aryl methyl sites for hydroxylation is 2. The maximum Gasteiger partial charge on any atom is 0.0594 e. The van der Waals surface area contributed by atoms with Crippen LogP contribution in [0.1, 0.15) is 29.7 Å². The topological polar surface area (TPSA) is 24.5 Å². The predicted molar refractivity (Wildman–Crippen MR) is 79.6 cm³/mol. The smallest absolute Gasteiger partial charge is 0.0594 e. The van der Waals surface area contributed by atoms with Crippen LogP contribution in [0, 0.1) is 13.8 Å². The summed E-state index contributed by atoms with van der Waals surface area (Å²) in [5.41, 5.74) is 4.10. The summed E-state index contributed by atoms with van der Waals surface area (Å²) in [4.78, 5) is 2.49. The van der Waals surface area contributed by atoms with E-state index in [1.807, 2.05) is 0 Å². The summed E-state index contributed by atoms with van der Waals surface area (Å²) in [6, 6.07) is 7.27. The van der Waals surface area contributed by atoms with Gasteiger partial charge in [-0.15, -0.1) is 0 Å². The molecule has 0 amide bonds. The van der Waals surface area contributed by atoms with Crippen LogP contribution in [0.15, 0.2) is 18.2 Å². The quantitative estimate of drug-likeness (QED) is 0.881. The van der Waals surface area contributed by atoms with Crippen molar-refractivity contribution in [3.8, 4) is 0 Å². The Hall–Kier alpha value is -0.900. The lowest BCUT2D eigenvalue weighted by atomic mass is 10.0. The molecule has 0 bridgehead atoms. The molecule has 1 aliphatic rings. The van der Waals surface area contributed by atoms with Gasteiger partial charge in [0.05, 0.1) is 13.2 Å². The molecule has 0 saturated carbocycles. The van der Waals surface area contributed by atoms with Gasteiger partial charge in [-0.3, -0.25) is 4.90 Å². The molecule has 1 saturated heterocycles. The molecule has 2 rings (SSSR count). The highest BCUT2D eigenvalue weighted by Crippen LogP contribution is 2.18. The van der Waals surface area contributed by atoms with Crippen LogP contribution in [0.5, 0.6) is 0 Å². The molecule has 1 unspecified atom stereocenters. The normalized spacial score (nSPS) is 18.5. The van der Waals surface area contributed by atoms with E-state index in [1.54, 1.807) is 0 Å². The lowest BCUT2D eigenvalue weighted by Gasteiger charge is -2.31. The van der Waals surface area contributed by atoms with Gasteiger partial charge < -0.3 is 10.1 Å². The van der Waals surface area contributed by atoms with Gasteiger partial charge in [-0.2, -0.15) is 0 Å². The fourth-order valence-corrected chi connectivity index (χ4v) is 2.79. The minimum Gasteiger partial charge on any atom is -0.379 e. The molecule has 3 nitrogen and oxygen atoms in total. The van der Waals surface area contributed by atoms with Crippen molar-refractivity contribution < 1.29 is 4.74 Å². The van der Waals surface area contributed by atoms with Crippen molar-refractivity contribution in [2.45, 2.75) is 26.8 Å². The highest BCUT2D eigenvalue weighted by molar-refractivity contribution is 5.31. The molecule has 1 atom stereocenters. The highest BCUT2D eigenvalue weighted by Gasteiger charge is 2.17. The molecular formula is C16H26N2O. The van der Waals surface area contributed by atoms with E-state index in [0.29, 0.717) is 6.04 Å². The van der Waals surface area contributed by atoms with Crippen LogP contribution in [-0.4, -0.2) is 44.3 Å². The average molecular weight is 262 g/mol. The zero-order valence-electron chi connectivity index (χ0n) is 12.4. The van der Waals surface area contributed by atoms with Gasteiger partial charge in [0.15, 0.2) is 0 Å². The second-order valence-electron chi connectivity index (χ2n) is 5.44. The molecule has 1 fully saturated rings. The van der Waals surface area contributed by atoms with Crippen LogP contribution in [0.25, 0.3) is 0 Å². The van der Waals surface area contributed by atoms with E-state index in [-0.39, 0.29) is 0 Å². The number of benzene rings is 1. The maximum absolute atomic E-state index is 5.42. The fraction of sp³-hybridized carbons (Fsp3) is 0.625. The molecule has 1 aliphatic heterocycles. The van der Waals surface area contributed by atoms with Gasteiger partial charge >= 0.3 is 0 Å². The number of morpholine rings is 1. The molecule has 1 N–H and O–H groups in total. The zero-order chi connectivity index (χ0) is 13.7. The lowest BCUT2D eigenvalue weighted by Crippen LogP contribution is -2.41. The van der Waals surface area contributed by atoms with Crippen molar-refractivity contribution in [1.82, 2.24) is 10.2 Å². The van der Waals surface area contributed by atoms with Gasteiger partial charge in [0.25, 0.3) is 0 Å². The van der Waals surface area contributed by atoms with Gasteiger partial charge in [-0.25, -0.2) is 0 Å². The fourth-order valence-electron chi connectivity index (χ4n) is 2.79. The van der Waals surface area contributed by atoms with Crippen molar-refractivity contribution in [2.75, 3.05) is 39.4 Å². The second kappa shape index (κ2) is 7.04. The molecule has 1 aromatic carbocycles. The Kier molecular flexibility index (Phi) is 5.37. The maximum atomic E-state index is 5.42. The number of ether oxygens (including phenoxy) is 1.